The molecule has 0 spiro atoms. The first-order valence-electron chi connectivity index (χ1n) is 12.2. The molecule has 1 amide bonds. The number of aromatic hydroxyl groups is 1. The molecular formula is C27H27N5O6. The summed E-state index contributed by atoms with van der Waals surface area (Å²) in [6.07, 6.45) is 3.57. The fraction of sp³-hybridized carbons (Fsp3) is 0.296. The van der Waals surface area contributed by atoms with Crippen LogP contribution in [0.3, 0.4) is 0 Å². The molecule has 2 heterocycles. The van der Waals surface area contributed by atoms with Crippen molar-refractivity contribution >= 4 is 5.91 Å². The maximum atomic E-state index is 13.9. The molecule has 5 rings (SSSR count). The van der Waals surface area contributed by atoms with Gasteiger partial charge in [-0.15, -0.1) is 10.2 Å². The molecule has 0 radical (unpaired) electrons. The third kappa shape index (κ3) is 5.08. The summed E-state index contributed by atoms with van der Waals surface area (Å²) >= 11 is 0. The number of ether oxygens (including phenoxy) is 2. The van der Waals surface area contributed by atoms with Gasteiger partial charge in [0.2, 0.25) is 11.8 Å². The molecule has 4 aromatic rings. The van der Waals surface area contributed by atoms with Gasteiger partial charge >= 0.3 is 0 Å². The first-order valence-corrected chi connectivity index (χ1v) is 12.2. The Morgan fingerprint density at radius 2 is 1.79 bits per heavy atom. The van der Waals surface area contributed by atoms with Gasteiger partial charge in [-0.25, -0.2) is 0 Å². The van der Waals surface area contributed by atoms with Gasteiger partial charge < -0.3 is 24.3 Å². The Kier molecular flexibility index (Phi) is 7.07. The molecule has 1 aliphatic rings. The first-order chi connectivity index (χ1) is 18.5. The highest BCUT2D eigenvalue weighted by Gasteiger charge is 2.28. The van der Waals surface area contributed by atoms with E-state index in [1.165, 1.54) is 18.8 Å². The molecule has 2 aromatic heterocycles. The van der Waals surface area contributed by atoms with E-state index in [0.717, 1.165) is 19.3 Å². The van der Waals surface area contributed by atoms with E-state index < -0.39 is 11.4 Å². The van der Waals surface area contributed by atoms with Crippen LogP contribution in [-0.2, 0) is 13.0 Å². The summed E-state index contributed by atoms with van der Waals surface area (Å²) in [6, 6.07) is 13.8. The van der Waals surface area contributed by atoms with Crippen molar-refractivity contribution < 1.29 is 23.8 Å². The van der Waals surface area contributed by atoms with Gasteiger partial charge in [0.15, 0.2) is 5.56 Å². The Morgan fingerprint density at radius 1 is 1.08 bits per heavy atom. The summed E-state index contributed by atoms with van der Waals surface area (Å²) in [6.45, 7) is -0.0666. The first kappa shape index (κ1) is 25.0. The number of benzene rings is 2. The van der Waals surface area contributed by atoms with Crippen molar-refractivity contribution in [3.8, 4) is 34.5 Å². The number of aryl methyl sites for hydroxylation is 1. The summed E-state index contributed by atoms with van der Waals surface area (Å²) < 4.78 is 18.1. The van der Waals surface area contributed by atoms with Gasteiger partial charge in [0.05, 0.1) is 20.8 Å². The summed E-state index contributed by atoms with van der Waals surface area (Å²) in [4.78, 5) is 30.6. The van der Waals surface area contributed by atoms with Gasteiger partial charge in [0.1, 0.15) is 23.0 Å². The van der Waals surface area contributed by atoms with E-state index in [-0.39, 0.29) is 29.8 Å². The monoisotopic (exact) mass is 517 g/mol. The Hall–Kier alpha value is -4.67. The van der Waals surface area contributed by atoms with Gasteiger partial charge in [0.25, 0.3) is 17.4 Å². The number of aromatic nitrogens is 4. The molecule has 0 atom stereocenters. The van der Waals surface area contributed by atoms with Crippen molar-refractivity contribution in [2.75, 3.05) is 14.2 Å². The van der Waals surface area contributed by atoms with E-state index >= 15 is 0 Å². The fourth-order valence-corrected chi connectivity index (χ4v) is 4.20. The summed E-state index contributed by atoms with van der Waals surface area (Å²) in [7, 11) is 2.99. The summed E-state index contributed by atoms with van der Waals surface area (Å²) in [5.41, 5.74) is -0.0442. The molecule has 2 N–H and O–H groups in total. The molecule has 1 aliphatic carbocycles. The molecule has 1 saturated carbocycles. The number of methoxy groups -OCH3 is 2. The maximum Gasteiger partial charge on any atom is 0.275 e. The lowest BCUT2D eigenvalue weighted by Gasteiger charge is -2.18. The second kappa shape index (κ2) is 10.8. The average molecular weight is 518 g/mol. The number of hydrogen-bond acceptors (Lipinski definition) is 9. The quantitative estimate of drug-likeness (QED) is 0.324. The van der Waals surface area contributed by atoms with Gasteiger partial charge in [-0.1, -0.05) is 37.1 Å². The zero-order chi connectivity index (χ0) is 26.6. The number of para-hydroxylation sites is 1. The van der Waals surface area contributed by atoms with Crippen molar-refractivity contribution in [2.45, 2.75) is 32.2 Å². The molecule has 0 aliphatic heterocycles. The standard InChI is InChI=1S/C27H27N5O6/c1-36-18-9-6-10-19(37-2)23(18)32-20(14-13-16-11-12-16)29-25(34)22(27(32)35)26-31-30-21(38-26)15-28-24(33)17-7-4-3-5-8-17/h3-10,16,34H,11-15H2,1-2H3,(H,28,33). The van der Waals surface area contributed by atoms with Crippen LogP contribution in [0, 0.1) is 5.92 Å². The van der Waals surface area contributed by atoms with E-state index in [0.29, 0.717) is 40.9 Å². The van der Waals surface area contributed by atoms with Gasteiger partial charge in [0, 0.05) is 12.0 Å². The molecule has 1 fully saturated rings. The van der Waals surface area contributed by atoms with E-state index in [9.17, 15) is 14.7 Å². The normalized spacial score (nSPS) is 12.8. The molecule has 0 unspecified atom stereocenters. The number of carbonyl (C=O) groups excluding carboxylic acids is 1. The zero-order valence-corrected chi connectivity index (χ0v) is 21.0. The number of amides is 1. The van der Waals surface area contributed by atoms with Crippen LogP contribution in [0.1, 0.15) is 41.3 Å². The van der Waals surface area contributed by atoms with Gasteiger partial charge in [-0.2, -0.15) is 4.98 Å². The third-order valence-corrected chi connectivity index (χ3v) is 6.35. The van der Waals surface area contributed by atoms with Crippen LogP contribution in [0.4, 0.5) is 0 Å². The Bertz CT molecular complexity index is 1490. The lowest BCUT2D eigenvalue weighted by Crippen LogP contribution is -2.26. The molecule has 0 bridgehead atoms. The van der Waals surface area contributed by atoms with Crippen LogP contribution in [-0.4, -0.2) is 45.0 Å². The second-order valence-electron chi connectivity index (χ2n) is 8.91. The van der Waals surface area contributed by atoms with E-state index in [2.05, 4.69) is 20.5 Å². The molecule has 11 heteroatoms. The lowest BCUT2D eigenvalue weighted by molar-refractivity contribution is 0.0947. The Balaban J connectivity index is 1.53. The fourth-order valence-electron chi connectivity index (χ4n) is 4.20. The molecule has 11 nitrogen and oxygen atoms in total. The number of nitrogens with one attached hydrogen (secondary N) is 1. The Labute approximate surface area is 218 Å². The maximum absolute atomic E-state index is 13.9. The molecule has 0 saturated heterocycles. The minimum absolute atomic E-state index is 0.0577. The predicted octanol–water partition coefficient (Wildman–Crippen LogP) is 3.28. The summed E-state index contributed by atoms with van der Waals surface area (Å²) in [5.74, 6) is 0.726. The van der Waals surface area contributed by atoms with Crippen LogP contribution < -0.4 is 20.3 Å². The molecule has 2 aromatic carbocycles. The number of hydrogen-bond donors (Lipinski definition) is 2. The number of nitrogens with zero attached hydrogens (tertiary/aromatic N) is 4. The number of rotatable bonds is 10. The van der Waals surface area contributed by atoms with Crippen molar-refractivity contribution in [3.05, 3.63) is 76.2 Å². The van der Waals surface area contributed by atoms with Crippen LogP contribution in [0.25, 0.3) is 17.1 Å². The zero-order valence-electron chi connectivity index (χ0n) is 21.0. The van der Waals surface area contributed by atoms with E-state index in [1.54, 1.807) is 42.5 Å². The van der Waals surface area contributed by atoms with Crippen molar-refractivity contribution in [3.63, 3.8) is 0 Å². The highest BCUT2D eigenvalue weighted by molar-refractivity contribution is 5.94. The van der Waals surface area contributed by atoms with Crippen LogP contribution in [0.2, 0.25) is 0 Å². The van der Waals surface area contributed by atoms with E-state index in [1.807, 2.05) is 6.07 Å². The Morgan fingerprint density at radius 3 is 2.45 bits per heavy atom. The van der Waals surface area contributed by atoms with Crippen molar-refractivity contribution in [2.24, 2.45) is 5.92 Å². The molecule has 38 heavy (non-hydrogen) atoms. The highest BCUT2D eigenvalue weighted by atomic mass is 16.5. The SMILES string of the molecule is COc1cccc(OC)c1-n1c(CCC2CC2)nc(O)c(-c2nnc(CNC(=O)c3ccccc3)o2)c1=O. The largest absolute Gasteiger partial charge is 0.494 e. The van der Waals surface area contributed by atoms with Crippen LogP contribution in [0.15, 0.2) is 57.7 Å². The molecule has 196 valence electrons. The van der Waals surface area contributed by atoms with Crippen molar-refractivity contribution in [1.82, 2.24) is 25.1 Å². The van der Waals surface area contributed by atoms with Crippen LogP contribution >= 0.6 is 0 Å². The van der Waals surface area contributed by atoms with Gasteiger partial charge in [-0.3, -0.25) is 14.2 Å². The molecular weight excluding hydrogens is 490 g/mol. The third-order valence-electron chi connectivity index (χ3n) is 6.35. The van der Waals surface area contributed by atoms with E-state index in [4.69, 9.17) is 13.9 Å². The highest BCUT2D eigenvalue weighted by Crippen LogP contribution is 2.36. The lowest BCUT2D eigenvalue weighted by atomic mass is 10.1. The summed E-state index contributed by atoms with van der Waals surface area (Å²) in [5, 5.41) is 21.4. The van der Waals surface area contributed by atoms with Crippen LogP contribution in [0.5, 0.6) is 17.4 Å². The second-order valence-corrected chi connectivity index (χ2v) is 8.91. The number of carbonyl (C=O) groups is 1. The van der Waals surface area contributed by atoms with Crippen molar-refractivity contribution in [1.29, 1.82) is 0 Å². The minimum atomic E-state index is -0.616. The smallest absolute Gasteiger partial charge is 0.275 e. The van der Waals surface area contributed by atoms with Gasteiger partial charge in [-0.05, 0) is 36.6 Å². The topological polar surface area (TPSA) is 142 Å². The predicted molar refractivity (Wildman–Crippen MR) is 137 cm³/mol. The average Bonchev–Trinajstić information content (AvgIpc) is 3.66. The minimum Gasteiger partial charge on any atom is -0.494 e.